The molecule has 1 aromatic carbocycles. The van der Waals surface area contributed by atoms with Crippen LogP contribution in [0, 0.1) is 13.8 Å². The van der Waals surface area contributed by atoms with E-state index in [1.807, 2.05) is 0 Å². The molecule has 0 fully saturated rings. The highest BCUT2D eigenvalue weighted by Crippen LogP contribution is 2.24. The number of aromatic carboxylic acids is 1. The number of hydrogen-bond acceptors (Lipinski definition) is 2. The van der Waals surface area contributed by atoms with Gasteiger partial charge in [0.2, 0.25) is 5.43 Å². The molecule has 21 heavy (non-hydrogen) atoms. The van der Waals surface area contributed by atoms with Crippen LogP contribution in [0.2, 0.25) is 0 Å². The Hall–Kier alpha value is -2.31. The SMILES string of the molecule is Cc1cc(C)c2c(c1)c(=O)c(C(=O)O)cn2CC(F)(F)F. The van der Waals surface area contributed by atoms with Crippen molar-refractivity contribution in [3.63, 3.8) is 0 Å². The van der Waals surface area contributed by atoms with Gasteiger partial charge >= 0.3 is 12.1 Å². The number of carbonyl (C=O) groups is 1. The van der Waals surface area contributed by atoms with Gasteiger partial charge in [-0.05, 0) is 31.0 Å². The Labute approximate surface area is 117 Å². The fourth-order valence-electron chi connectivity index (χ4n) is 2.41. The van der Waals surface area contributed by atoms with Gasteiger partial charge in [0.1, 0.15) is 12.1 Å². The van der Waals surface area contributed by atoms with E-state index in [-0.39, 0.29) is 10.9 Å². The smallest absolute Gasteiger partial charge is 0.406 e. The van der Waals surface area contributed by atoms with E-state index in [2.05, 4.69) is 0 Å². The van der Waals surface area contributed by atoms with E-state index in [9.17, 15) is 22.8 Å². The normalized spacial score (nSPS) is 11.9. The van der Waals surface area contributed by atoms with Crippen LogP contribution in [0.15, 0.2) is 23.1 Å². The van der Waals surface area contributed by atoms with Crippen molar-refractivity contribution in [2.75, 3.05) is 0 Å². The summed E-state index contributed by atoms with van der Waals surface area (Å²) >= 11 is 0. The molecule has 112 valence electrons. The van der Waals surface area contributed by atoms with Crippen LogP contribution in [-0.4, -0.2) is 21.8 Å². The van der Waals surface area contributed by atoms with Crippen LogP contribution in [0.5, 0.6) is 0 Å². The van der Waals surface area contributed by atoms with Crippen LogP contribution in [0.1, 0.15) is 21.5 Å². The second kappa shape index (κ2) is 4.91. The van der Waals surface area contributed by atoms with Gasteiger partial charge in [-0.3, -0.25) is 4.79 Å². The van der Waals surface area contributed by atoms with Crippen molar-refractivity contribution in [3.05, 3.63) is 45.2 Å². The number of benzene rings is 1. The van der Waals surface area contributed by atoms with Gasteiger partial charge in [0.05, 0.1) is 5.52 Å². The maximum atomic E-state index is 12.7. The lowest BCUT2D eigenvalue weighted by molar-refractivity contribution is -0.140. The van der Waals surface area contributed by atoms with Gasteiger partial charge in [-0.15, -0.1) is 0 Å². The first-order valence-corrected chi connectivity index (χ1v) is 6.04. The predicted octanol–water partition coefficient (Wildman–Crippen LogP) is 2.88. The summed E-state index contributed by atoms with van der Waals surface area (Å²) in [5.74, 6) is -1.54. The quantitative estimate of drug-likeness (QED) is 0.927. The number of carboxylic acid groups (broad SMARTS) is 1. The molecule has 0 bridgehead atoms. The molecule has 7 heteroatoms. The van der Waals surface area contributed by atoms with Crippen LogP contribution in [-0.2, 0) is 6.54 Å². The lowest BCUT2D eigenvalue weighted by atomic mass is 10.0. The third-order valence-corrected chi connectivity index (χ3v) is 3.09. The van der Waals surface area contributed by atoms with Crippen molar-refractivity contribution in [3.8, 4) is 0 Å². The zero-order valence-electron chi connectivity index (χ0n) is 11.3. The summed E-state index contributed by atoms with van der Waals surface area (Å²) in [7, 11) is 0. The number of alkyl halides is 3. The van der Waals surface area contributed by atoms with E-state index in [1.54, 1.807) is 19.9 Å². The number of halogens is 3. The van der Waals surface area contributed by atoms with Crippen LogP contribution in [0.3, 0.4) is 0 Å². The van der Waals surface area contributed by atoms with Crippen LogP contribution in [0.4, 0.5) is 13.2 Å². The molecule has 0 unspecified atom stereocenters. The molecule has 2 aromatic rings. The first-order valence-electron chi connectivity index (χ1n) is 6.04. The molecule has 1 N–H and O–H groups in total. The van der Waals surface area contributed by atoms with E-state index in [4.69, 9.17) is 5.11 Å². The Kier molecular flexibility index (Phi) is 3.52. The van der Waals surface area contributed by atoms with Crippen LogP contribution in [0.25, 0.3) is 10.9 Å². The van der Waals surface area contributed by atoms with E-state index >= 15 is 0 Å². The predicted molar refractivity (Wildman–Crippen MR) is 70.7 cm³/mol. The minimum atomic E-state index is -4.52. The highest BCUT2D eigenvalue weighted by atomic mass is 19.4. The van der Waals surface area contributed by atoms with E-state index in [0.29, 0.717) is 11.1 Å². The summed E-state index contributed by atoms with van der Waals surface area (Å²) in [6, 6.07) is 3.05. The minimum Gasteiger partial charge on any atom is -0.477 e. The van der Waals surface area contributed by atoms with Crippen molar-refractivity contribution in [2.24, 2.45) is 0 Å². The molecule has 0 saturated heterocycles. The molecule has 0 saturated carbocycles. The second-order valence-corrected chi connectivity index (χ2v) is 4.90. The molecule has 0 atom stereocenters. The summed E-state index contributed by atoms with van der Waals surface area (Å²) in [4.78, 5) is 23.2. The fourth-order valence-corrected chi connectivity index (χ4v) is 2.41. The molecule has 1 heterocycles. The number of fused-ring (bicyclic) bond motifs is 1. The van der Waals surface area contributed by atoms with Crippen LogP contribution < -0.4 is 5.43 Å². The van der Waals surface area contributed by atoms with Gasteiger partial charge in [-0.1, -0.05) is 6.07 Å². The van der Waals surface area contributed by atoms with Gasteiger partial charge in [-0.25, -0.2) is 4.79 Å². The number of hydrogen-bond donors (Lipinski definition) is 1. The summed E-state index contributed by atoms with van der Waals surface area (Å²) in [5, 5.41) is 8.97. The molecular weight excluding hydrogens is 287 g/mol. The molecule has 0 aliphatic heterocycles. The average Bonchev–Trinajstić information content (AvgIpc) is 2.29. The molecule has 4 nitrogen and oxygen atoms in total. The van der Waals surface area contributed by atoms with Crippen molar-refractivity contribution >= 4 is 16.9 Å². The molecule has 0 spiro atoms. The lowest BCUT2D eigenvalue weighted by Gasteiger charge is -2.16. The van der Waals surface area contributed by atoms with Gasteiger partial charge < -0.3 is 9.67 Å². The topological polar surface area (TPSA) is 59.3 Å². The van der Waals surface area contributed by atoms with Gasteiger partial charge in [0.15, 0.2) is 0 Å². The zero-order valence-corrected chi connectivity index (χ0v) is 11.3. The molecule has 0 aliphatic rings. The van der Waals surface area contributed by atoms with Crippen molar-refractivity contribution < 1.29 is 23.1 Å². The first kappa shape index (κ1) is 15.1. The molecule has 1 aromatic heterocycles. The number of aromatic nitrogens is 1. The minimum absolute atomic E-state index is 0.0170. The second-order valence-electron chi connectivity index (χ2n) is 4.90. The Morgan fingerprint density at radius 3 is 2.43 bits per heavy atom. The van der Waals surface area contributed by atoms with E-state index in [1.165, 1.54) is 6.07 Å². The zero-order chi connectivity index (χ0) is 15.9. The third-order valence-electron chi connectivity index (χ3n) is 3.09. The summed E-state index contributed by atoms with van der Waals surface area (Å²) in [6.07, 6.45) is -3.77. The highest BCUT2D eigenvalue weighted by Gasteiger charge is 2.29. The Bertz CT molecular complexity index is 791. The van der Waals surface area contributed by atoms with Crippen molar-refractivity contribution in [2.45, 2.75) is 26.6 Å². The number of nitrogens with zero attached hydrogens (tertiary/aromatic N) is 1. The molecule has 0 radical (unpaired) electrons. The average molecular weight is 299 g/mol. The Morgan fingerprint density at radius 1 is 1.29 bits per heavy atom. The molecule has 0 amide bonds. The van der Waals surface area contributed by atoms with E-state index < -0.39 is 29.7 Å². The maximum absolute atomic E-state index is 12.7. The monoisotopic (exact) mass is 299 g/mol. The van der Waals surface area contributed by atoms with Gasteiger partial charge in [0, 0.05) is 11.6 Å². The lowest BCUT2D eigenvalue weighted by Crippen LogP contribution is -2.24. The van der Waals surface area contributed by atoms with Gasteiger partial charge in [-0.2, -0.15) is 13.2 Å². The Balaban J connectivity index is 2.92. The Morgan fingerprint density at radius 2 is 1.90 bits per heavy atom. The highest BCUT2D eigenvalue weighted by molar-refractivity contribution is 5.93. The third kappa shape index (κ3) is 2.91. The fraction of sp³-hybridized carbons (Fsp3) is 0.286. The van der Waals surface area contributed by atoms with E-state index in [0.717, 1.165) is 10.8 Å². The summed E-state index contributed by atoms with van der Waals surface area (Å²) < 4.78 is 38.8. The first-order chi connectivity index (χ1) is 9.60. The van der Waals surface area contributed by atoms with Crippen molar-refractivity contribution in [1.29, 1.82) is 0 Å². The largest absolute Gasteiger partial charge is 0.477 e. The summed E-state index contributed by atoms with van der Waals surface area (Å²) in [6.45, 7) is 1.92. The number of rotatable bonds is 2. The molecule has 0 aliphatic carbocycles. The summed E-state index contributed by atoms with van der Waals surface area (Å²) in [5.41, 5.74) is -0.172. The van der Waals surface area contributed by atoms with Crippen molar-refractivity contribution in [1.82, 2.24) is 4.57 Å². The molecular formula is C14H12F3NO3. The van der Waals surface area contributed by atoms with Crippen LogP contribution >= 0.6 is 0 Å². The van der Waals surface area contributed by atoms with Gasteiger partial charge in [0.25, 0.3) is 0 Å². The molecule has 2 rings (SSSR count). The number of pyridine rings is 1. The maximum Gasteiger partial charge on any atom is 0.406 e. The number of aryl methyl sites for hydroxylation is 2. The standard InChI is InChI=1S/C14H12F3NO3/c1-7-3-8(2)11-9(4-7)12(19)10(13(20)21)5-18(11)6-14(15,16)17/h3-5H,6H2,1-2H3,(H,20,21). The number of carboxylic acids is 1.